The van der Waals surface area contributed by atoms with Crippen LogP contribution in [0.3, 0.4) is 0 Å². The van der Waals surface area contributed by atoms with E-state index in [-0.39, 0.29) is 54.6 Å². The molecule has 4 radical (unpaired) electrons. The predicted molar refractivity (Wildman–Crippen MR) is 63.4 cm³/mol. The molecule has 0 aliphatic heterocycles. The van der Waals surface area contributed by atoms with E-state index in [1.54, 1.807) is 0 Å². The second-order valence-corrected chi connectivity index (χ2v) is 1.10. The Morgan fingerprint density at radius 3 is 0.500 bits per heavy atom. The second-order valence-electron chi connectivity index (χ2n) is 0.365. The zero-order valence-corrected chi connectivity index (χ0v) is 17.5. The molecule has 0 bridgehead atoms. The molecule has 4 nitrogen and oxygen atoms in total. The Hall–Kier alpha value is 0.684. The first-order valence-electron chi connectivity index (χ1n) is 1.71. The summed E-state index contributed by atoms with van der Waals surface area (Å²) in [7, 11) is 0. The van der Waals surface area contributed by atoms with Crippen LogP contribution in [0, 0.1) is 42.7 Å². The van der Waals surface area contributed by atoms with Crippen LogP contribution >= 0.6 is 0 Å². The van der Waals surface area contributed by atoms with E-state index in [9.17, 15) is 0 Å². The largest absolute Gasteiger partial charge is 2.00 e. The Morgan fingerprint density at radius 2 is 0.500 bits per heavy atom. The van der Waals surface area contributed by atoms with E-state index in [4.69, 9.17) is 21.0 Å². The third-order valence-electron chi connectivity index (χ3n) is 0. The molecular formula is C4N4Pb2S4. The van der Waals surface area contributed by atoms with Crippen LogP contribution in [-0.2, 0) is 50.5 Å². The molecule has 0 amide bonds. The number of nitriles is 4. The summed E-state index contributed by atoms with van der Waals surface area (Å²) in [6.45, 7) is 0. The van der Waals surface area contributed by atoms with Crippen molar-refractivity contribution < 1.29 is 0 Å². The van der Waals surface area contributed by atoms with Crippen molar-refractivity contribution in [2.75, 3.05) is 0 Å². The van der Waals surface area contributed by atoms with E-state index >= 15 is 0 Å². The van der Waals surface area contributed by atoms with E-state index in [1.807, 2.05) is 0 Å². The molecule has 0 spiro atoms. The maximum absolute atomic E-state index is 7.13. The van der Waals surface area contributed by atoms with Crippen molar-refractivity contribution >= 4 is 105 Å². The van der Waals surface area contributed by atoms with E-state index in [0.717, 1.165) is 0 Å². The van der Waals surface area contributed by atoms with E-state index < -0.39 is 0 Å². The summed E-state index contributed by atoms with van der Waals surface area (Å²) in [6, 6.07) is 0. The molecule has 0 atom stereocenters. The SMILES string of the molecule is N#C[S-].N#C[S-].N#C[S-].N#C[S-].[Pb+2].[Pb+2]. The minimum absolute atomic E-state index is 0. The Balaban J connectivity index is -0.0000000145. The zero-order chi connectivity index (χ0) is 10.8. The van der Waals surface area contributed by atoms with Crippen LogP contribution in [0.5, 0.6) is 0 Å². The summed E-state index contributed by atoms with van der Waals surface area (Å²) in [4.78, 5) is 0. The summed E-state index contributed by atoms with van der Waals surface area (Å²) < 4.78 is 0. The predicted octanol–water partition coefficient (Wildman–Crippen LogP) is -0.704. The van der Waals surface area contributed by atoms with Crippen molar-refractivity contribution in [3.63, 3.8) is 0 Å². The van der Waals surface area contributed by atoms with Gasteiger partial charge in [-0.15, -0.1) is 0 Å². The van der Waals surface area contributed by atoms with Crippen molar-refractivity contribution in [2.24, 2.45) is 0 Å². The average molecular weight is 647 g/mol. The molecule has 0 aromatic heterocycles. The number of nitrogens with zero attached hydrogens (tertiary/aromatic N) is 4. The minimum Gasteiger partial charge on any atom is -0.696 e. The molecule has 0 saturated heterocycles. The molecule has 0 rings (SSSR count). The van der Waals surface area contributed by atoms with Crippen molar-refractivity contribution in [1.82, 2.24) is 0 Å². The van der Waals surface area contributed by atoms with Gasteiger partial charge in [-0.3, -0.25) is 0 Å². The first kappa shape index (κ1) is 36.5. The van der Waals surface area contributed by atoms with E-state index in [0.29, 0.717) is 0 Å². The quantitative estimate of drug-likeness (QED) is 0.194. The molecule has 0 unspecified atom stereocenters. The fourth-order valence-corrected chi connectivity index (χ4v) is 0. The van der Waals surface area contributed by atoms with Crippen LogP contribution in [0.25, 0.3) is 0 Å². The number of rotatable bonds is 0. The van der Waals surface area contributed by atoms with Gasteiger partial charge in [0.2, 0.25) is 0 Å². The molecule has 0 aromatic rings. The molecule has 0 N–H and O–H groups in total. The molecule has 0 aromatic carbocycles. The van der Waals surface area contributed by atoms with Gasteiger partial charge in [0, 0.05) is 0 Å². The smallest absolute Gasteiger partial charge is 0.696 e. The first-order chi connectivity index (χ1) is 5.66. The van der Waals surface area contributed by atoms with Gasteiger partial charge in [-0.25, -0.2) is 21.0 Å². The van der Waals surface area contributed by atoms with Crippen LogP contribution in [0.15, 0.2) is 0 Å². The third kappa shape index (κ3) is 3700. The maximum atomic E-state index is 7.13. The van der Waals surface area contributed by atoms with Crippen molar-refractivity contribution in [3.05, 3.63) is 0 Å². The monoisotopic (exact) mass is 648 g/mol. The molecule has 0 aliphatic carbocycles. The fraction of sp³-hybridized carbons (Fsp3) is 0. The van der Waals surface area contributed by atoms with Gasteiger partial charge >= 0.3 is 54.6 Å². The minimum atomic E-state index is 0. The first-order valence-corrected chi connectivity index (χ1v) is 3.34. The van der Waals surface area contributed by atoms with Crippen LogP contribution < -0.4 is 0 Å². The summed E-state index contributed by atoms with van der Waals surface area (Å²) in [5, 5.41) is 33.9. The van der Waals surface area contributed by atoms with Gasteiger partial charge < -0.3 is 50.5 Å². The van der Waals surface area contributed by atoms with Crippen molar-refractivity contribution in [2.45, 2.75) is 0 Å². The molecule has 68 valence electrons. The van der Waals surface area contributed by atoms with Gasteiger partial charge in [0.05, 0.1) is 0 Å². The molecule has 0 heterocycles. The van der Waals surface area contributed by atoms with Gasteiger partial charge in [-0.2, -0.15) is 0 Å². The van der Waals surface area contributed by atoms with Crippen molar-refractivity contribution in [1.29, 1.82) is 21.0 Å². The summed E-state index contributed by atoms with van der Waals surface area (Å²) in [5.74, 6) is 0. The maximum Gasteiger partial charge on any atom is 2.00 e. The van der Waals surface area contributed by atoms with Crippen LogP contribution in [-0.4, -0.2) is 54.6 Å². The van der Waals surface area contributed by atoms with Crippen LogP contribution in [0.2, 0.25) is 0 Å². The second kappa shape index (κ2) is 100. The normalized spacial score (nSPS) is 2.00. The van der Waals surface area contributed by atoms with Gasteiger partial charge in [0.1, 0.15) is 0 Å². The molecule has 0 aliphatic rings. The van der Waals surface area contributed by atoms with Crippen molar-refractivity contribution in [3.8, 4) is 21.6 Å². The standard InChI is InChI=1S/4CHNS.2Pb/c4*2-1-3;;/h4*3H;;/q;;;;2*+2/p-4. The Morgan fingerprint density at radius 1 is 0.500 bits per heavy atom. The fourth-order valence-electron chi connectivity index (χ4n) is 0. The van der Waals surface area contributed by atoms with Crippen LogP contribution in [0.4, 0.5) is 0 Å². The zero-order valence-electron chi connectivity index (χ0n) is 6.42. The Labute approximate surface area is 146 Å². The molecule has 0 saturated carbocycles. The van der Waals surface area contributed by atoms with E-state index in [1.165, 1.54) is 21.6 Å². The Bertz CT molecular complexity index is 161. The van der Waals surface area contributed by atoms with Gasteiger partial charge in [-0.1, -0.05) is 21.6 Å². The molecule has 14 heavy (non-hydrogen) atoms. The summed E-state index contributed by atoms with van der Waals surface area (Å²) >= 11 is 14.8. The van der Waals surface area contributed by atoms with Gasteiger partial charge in [0.25, 0.3) is 0 Å². The summed E-state index contributed by atoms with van der Waals surface area (Å²) in [5.41, 5.74) is 0. The topological polar surface area (TPSA) is 95.2 Å². The van der Waals surface area contributed by atoms with E-state index in [2.05, 4.69) is 50.5 Å². The Kier molecular flexibility index (Phi) is 261. The third-order valence-corrected chi connectivity index (χ3v) is 0. The van der Waals surface area contributed by atoms with Crippen LogP contribution in [0.1, 0.15) is 0 Å². The average Bonchev–Trinajstić information content (AvgIpc) is 1.92. The number of hydrogen-bond donors (Lipinski definition) is 0. The van der Waals surface area contributed by atoms with Gasteiger partial charge in [-0.05, 0) is 0 Å². The molecule has 10 heteroatoms. The van der Waals surface area contributed by atoms with Gasteiger partial charge in [0.15, 0.2) is 0 Å². The molecular weight excluding hydrogens is 647 g/mol. The molecule has 0 fully saturated rings. The number of hydrogen-bond acceptors (Lipinski definition) is 8. The summed E-state index contributed by atoms with van der Waals surface area (Å²) in [6.07, 6.45) is 0. The number of thiocyanates is 4.